The van der Waals surface area contributed by atoms with Gasteiger partial charge in [-0.2, -0.15) is 0 Å². The summed E-state index contributed by atoms with van der Waals surface area (Å²) < 4.78 is 0. The highest BCUT2D eigenvalue weighted by Gasteiger charge is 2.18. The predicted molar refractivity (Wildman–Crippen MR) is 103 cm³/mol. The van der Waals surface area contributed by atoms with E-state index in [9.17, 15) is 0 Å². The van der Waals surface area contributed by atoms with E-state index in [0.717, 1.165) is 25.6 Å². The monoisotopic (exact) mass is 411 g/mol. The number of likely N-dealkylation sites (N-methyl/N-ethyl adjacent to an activating group) is 1. The first kappa shape index (κ1) is 20.9. The SMILES string of the molecule is CCNC(=NCC(C)C)NCC(C)N1CCN(C)CC1.I. The van der Waals surface area contributed by atoms with Crippen LogP contribution in [-0.2, 0) is 0 Å². The topological polar surface area (TPSA) is 42.9 Å². The van der Waals surface area contributed by atoms with Crippen LogP contribution in [0.4, 0.5) is 0 Å². The van der Waals surface area contributed by atoms with Crippen LogP contribution in [0.25, 0.3) is 0 Å². The van der Waals surface area contributed by atoms with Crippen molar-refractivity contribution in [1.29, 1.82) is 0 Å². The molecule has 1 aliphatic rings. The van der Waals surface area contributed by atoms with Crippen LogP contribution in [0.2, 0.25) is 0 Å². The van der Waals surface area contributed by atoms with Crippen LogP contribution in [0.15, 0.2) is 4.99 Å². The highest BCUT2D eigenvalue weighted by atomic mass is 127. The summed E-state index contributed by atoms with van der Waals surface area (Å²) in [6.07, 6.45) is 0. The molecule has 1 fully saturated rings. The van der Waals surface area contributed by atoms with Gasteiger partial charge in [-0.15, -0.1) is 24.0 Å². The molecule has 126 valence electrons. The zero-order valence-electron chi connectivity index (χ0n) is 14.4. The van der Waals surface area contributed by atoms with Gasteiger partial charge >= 0.3 is 0 Å². The summed E-state index contributed by atoms with van der Waals surface area (Å²) in [7, 11) is 2.20. The quantitative estimate of drug-likeness (QED) is 0.395. The lowest BCUT2D eigenvalue weighted by atomic mass is 10.2. The molecule has 0 amide bonds. The van der Waals surface area contributed by atoms with Gasteiger partial charge in [-0.1, -0.05) is 13.8 Å². The molecule has 0 saturated carbocycles. The summed E-state index contributed by atoms with van der Waals surface area (Å²) in [6, 6.07) is 0.548. The highest BCUT2D eigenvalue weighted by Crippen LogP contribution is 2.04. The number of nitrogens with zero attached hydrogens (tertiary/aromatic N) is 3. The number of hydrogen-bond acceptors (Lipinski definition) is 3. The molecule has 6 heteroatoms. The van der Waals surface area contributed by atoms with Crippen LogP contribution < -0.4 is 10.6 Å². The van der Waals surface area contributed by atoms with Crippen LogP contribution in [-0.4, -0.2) is 74.7 Å². The number of nitrogens with one attached hydrogen (secondary N) is 2. The van der Waals surface area contributed by atoms with Crippen molar-refractivity contribution in [2.24, 2.45) is 10.9 Å². The van der Waals surface area contributed by atoms with E-state index < -0.39 is 0 Å². The summed E-state index contributed by atoms with van der Waals surface area (Å²) in [4.78, 5) is 9.56. The second-order valence-electron chi connectivity index (χ2n) is 6.18. The van der Waals surface area contributed by atoms with Gasteiger partial charge in [-0.05, 0) is 26.8 Å². The Morgan fingerprint density at radius 1 is 1.10 bits per heavy atom. The van der Waals surface area contributed by atoms with Crippen molar-refractivity contribution >= 4 is 29.9 Å². The fourth-order valence-corrected chi connectivity index (χ4v) is 2.25. The van der Waals surface area contributed by atoms with Crippen molar-refractivity contribution in [1.82, 2.24) is 20.4 Å². The first-order valence-electron chi connectivity index (χ1n) is 7.97. The number of rotatable bonds is 6. The summed E-state index contributed by atoms with van der Waals surface area (Å²) in [5.41, 5.74) is 0. The molecular formula is C15H34IN5. The molecule has 1 rings (SSSR count). The molecule has 2 N–H and O–H groups in total. The average molecular weight is 411 g/mol. The van der Waals surface area contributed by atoms with E-state index in [-0.39, 0.29) is 24.0 Å². The summed E-state index contributed by atoms with van der Waals surface area (Å²) in [5.74, 6) is 1.54. The standard InChI is InChI=1S/C15H33N5.HI/c1-6-16-15(17-11-13(2)3)18-12-14(4)20-9-7-19(5)8-10-20;/h13-14H,6-12H2,1-5H3,(H2,16,17,18);1H. The van der Waals surface area contributed by atoms with Crippen molar-refractivity contribution in [3.63, 3.8) is 0 Å². The Morgan fingerprint density at radius 2 is 1.71 bits per heavy atom. The molecule has 1 heterocycles. The molecule has 0 spiro atoms. The maximum Gasteiger partial charge on any atom is 0.191 e. The molecule has 1 saturated heterocycles. The third kappa shape index (κ3) is 8.83. The van der Waals surface area contributed by atoms with Crippen LogP contribution in [0, 0.1) is 5.92 Å². The molecule has 5 nitrogen and oxygen atoms in total. The Kier molecular flexibility index (Phi) is 11.4. The van der Waals surface area contributed by atoms with Crippen LogP contribution in [0.1, 0.15) is 27.7 Å². The number of hydrogen-bond donors (Lipinski definition) is 2. The van der Waals surface area contributed by atoms with Crippen LogP contribution >= 0.6 is 24.0 Å². The minimum Gasteiger partial charge on any atom is -0.357 e. The first-order valence-corrected chi connectivity index (χ1v) is 7.97. The maximum atomic E-state index is 4.61. The third-order valence-corrected chi connectivity index (χ3v) is 3.68. The Bertz CT molecular complexity index is 288. The Hall–Kier alpha value is -0.0800. The van der Waals surface area contributed by atoms with E-state index in [1.807, 2.05) is 0 Å². The summed E-state index contributed by atoms with van der Waals surface area (Å²) in [6.45, 7) is 16.2. The van der Waals surface area contributed by atoms with Gasteiger partial charge in [0.25, 0.3) is 0 Å². The first-order chi connectivity index (χ1) is 9.52. The highest BCUT2D eigenvalue weighted by molar-refractivity contribution is 14.0. The third-order valence-electron chi connectivity index (χ3n) is 3.68. The molecule has 0 aromatic rings. The number of aliphatic imine (C=N–C) groups is 1. The van der Waals surface area contributed by atoms with E-state index in [1.54, 1.807) is 0 Å². The second kappa shape index (κ2) is 11.5. The van der Waals surface area contributed by atoms with Gasteiger partial charge in [0.2, 0.25) is 0 Å². The lowest BCUT2D eigenvalue weighted by Gasteiger charge is -2.36. The van der Waals surface area contributed by atoms with Crippen LogP contribution in [0.5, 0.6) is 0 Å². The van der Waals surface area contributed by atoms with Gasteiger partial charge in [-0.3, -0.25) is 9.89 Å². The van der Waals surface area contributed by atoms with Gasteiger partial charge in [0.1, 0.15) is 0 Å². The van der Waals surface area contributed by atoms with E-state index in [1.165, 1.54) is 26.2 Å². The van der Waals surface area contributed by atoms with Crippen molar-refractivity contribution in [2.45, 2.75) is 33.7 Å². The zero-order chi connectivity index (χ0) is 15.0. The summed E-state index contributed by atoms with van der Waals surface area (Å²) in [5, 5.41) is 6.78. The van der Waals surface area contributed by atoms with Gasteiger partial charge < -0.3 is 15.5 Å². The molecule has 0 aromatic carbocycles. The van der Waals surface area contributed by atoms with E-state index >= 15 is 0 Å². The molecule has 1 aliphatic heterocycles. The minimum atomic E-state index is 0. The fraction of sp³-hybridized carbons (Fsp3) is 0.933. The molecular weight excluding hydrogens is 377 g/mol. The molecule has 1 unspecified atom stereocenters. The van der Waals surface area contributed by atoms with Gasteiger partial charge in [0, 0.05) is 51.9 Å². The summed E-state index contributed by atoms with van der Waals surface area (Å²) >= 11 is 0. The predicted octanol–water partition coefficient (Wildman–Crippen LogP) is 1.45. The van der Waals surface area contributed by atoms with Crippen LogP contribution in [0.3, 0.4) is 0 Å². The maximum absolute atomic E-state index is 4.61. The largest absolute Gasteiger partial charge is 0.357 e. The van der Waals surface area contributed by atoms with Gasteiger partial charge in [0.15, 0.2) is 5.96 Å². The molecule has 1 atom stereocenters. The molecule has 0 aliphatic carbocycles. The minimum absolute atomic E-state index is 0. The molecule has 21 heavy (non-hydrogen) atoms. The smallest absolute Gasteiger partial charge is 0.191 e. The van der Waals surface area contributed by atoms with Crippen molar-refractivity contribution in [2.75, 3.05) is 52.9 Å². The van der Waals surface area contributed by atoms with Crippen molar-refractivity contribution < 1.29 is 0 Å². The van der Waals surface area contributed by atoms with Crippen molar-refractivity contribution in [3.8, 4) is 0 Å². The number of guanidine groups is 1. The van der Waals surface area contributed by atoms with Crippen molar-refractivity contribution in [3.05, 3.63) is 0 Å². The lowest BCUT2D eigenvalue weighted by Crippen LogP contribution is -2.52. The molecule has 0 aromatic heterocycles. The fourth-order valence-electron chi connectivity index (χ4n) is 2.25. The molecule has 0 bridgehead atoms. The Labute approximate surface area is 148 Å². The normalized spacial score (nSPS) is 19.2. The number of piperazine rings is 1. The molecule has 0 radical (unpaired) electrons. The zero-order valence-corrected chi connectivity index (χ0v) is 16.7. The average Bonchev–Trinajstić information content (AvgIpc) is 2.42. The van der Waals surface area contributed by atoms with E-state index in [4.69, 9.17) is 0 Å². The Balaban J connectivity index is 0.00000400. The van der Waals surface area contributed by atoms with Gasteiger partial charge in [-0.25, -0.2) is 0 Å². The number of halogens is 1. The second-order valence-corrected chi connectivity index (χ2v) is 6.18. The Morgan fingerprint density at radius 3 is 2.24 bits per heavy atom. The van der Waals surface area contributed by atoms with E-state index in [0.29, 0.717) is 12.0 Å². The van der Waals surface area contributed by atoms with Gasteiger partial charge in [0.05, 0.1) is 0 Å². The lowest BCUT2D eigenvalue weighted by molar-refractivity contribution is 0.120. The van der Waals surface area contributed by atoms with E-state index in [2.05, 4.69) is 60.2 Å².